The Labute approximate surface area is 184 Å². The number of benzene rings is 3. The summed E-state index contributed by atoms with van der Waals surface area (Å²) >= 11 is 0. The Balaban J connectivity index is 1.54. The van der Waals surface area contributed by atoms with E-state index in [-0.39, 0.29) is 11.2 Å². The Bertz CT molecular complexity index is 1070. The molecule has 0 spiro atoms. The number of anilines is 1. The number of rotatable bonds is 4. The van der Waals surface area contributed by atoms with Crippen molar-refractivity contribution in [3.05, 3.63) is 120 Å². The van der Waals surface area contributed by atoms with Crippen molar-refractivity contribution >= 4 is 11.3 Å². The van der Waals surface area contributed by atoms with Gasteiger partial charge in [0.25, 0.3) is 0 Å². The van der Waals surface area contributed by atoms with Gasteiger partial charge in [0.05, 0.1) is 0 Å². The van der Waals surface area contributed by atoms with Gasteiger partial charge in [0.1, 0.15) is 5.82 Å². The molecule has 1 aliphatic heterocycles. The van der Waals surface area contributed by atoms with Gasteiger partial charge in [0.15, 0.2) is 0 Å². The standard InChI is InChI=1S/C29H28FN/c30-27-15-11-25(12-16-27)29(19-7-10-24(22-29)23-8-3-1-4-9-23)26-13-17-28(18-14-26)31-20-5-2-6-21-31/h1,3-4,7-19H,2,5-6,20-22H2. The Kier molecular flexibility index (Phi) is 5.46. The molecule has 0 radical (unpaired) electrons. The summed E-state index contributed by atoms with van der Waals surface area (Å²) in [6.07, 6.45) is 11.4. The van der Waals surface area contributed by atoms with Crippen LogP contribution in [0.1, 0.15) is 42.4 Å². The third kappa shape index (κ3) is 3.95. The zero-order valence-electron chi connectivity index (χ0n) is 17.8. The molecule has 5 rings (SSSR count). The van der Waals surface area contributed by atoms with Crippen LogP contribution in [-0.2, 0) is 5.41 Å². The number of piperidine rings is 1. The molecule has 1 unspecified atom stereocenters. The average molecular weight is 410 g/mol. The molecule has 1 atom stereocenters. The molecule has 2 aliphatic rings. The molecule has 3 aromatic carbocycles. The van der Waals surface area contributed by atoms with Gasteiger partial charge in [-0.3, -0.25) is 0 Å². The molecule has 156 valence electrons. The second-order valence-electron chi connectivity index (χ2n) is 8.67. The van der Waals surface area contributed by atoms with Gasteiger partial charge in [0, 0.05) is 24.2 Å². The lowest BCUT2D eigenvalue weighted by atomic mass is 9.67. The maximum absolute atomic E-state index is 13.7. The minimum Gasteiger partial charge on any atom is -0.372 e. The highest BCUT2D eigenvalue weighted by molar-refractivity contribution is 5.72. The van der Waals surface area contributed by atoms with Gasteiger partial charge in [-0.05, 0) is 72.2 Å². The van der Waals surface area contributed by atoms with E-state index >= 15 is 0 Å². The molecule has 1 nitrogen and oxygen atoms in total. The highest BCUT2D eigenvalue weighted by Gasteiger charge is 2.34. The molecule has 1 fully saturated rings. The fraction of sp³-hybridized carbons (Fsp3) is 0.241. The first kappa shape index (κ1) is 19.8. The van der Waals surface area contributed by atoms with Crippen LogP contribution in [0.2, 0.25) is 0 Å². The molecule has 0 bridgehead atoms. The van der Waals surface area contributed by atoms with Crippen LogP contribution < -0.4 is 4.90 Å². The van der Waals surface area contributed by atoms with Crippen LogP contribution >= 0.6 is 0 Å². The van der Waals surface area contributed by atoms with Crippen molar-refractivity contribution in [2.75, 3.05) is 18.0 Å². The van der Waals surface area contributed by atoms with E-state index in [4.69, 9.17) is 0 Å². The number of nitrogens with zero attached hydrogens (tertiary/aromatic N) is 1. The van der Waals surface area contributed by atoms with Crippen molar-refractivity contribution in [3.8, 4) is 0 Å². The maximum atomic E-state index is 13.7. The molecule has 2 heteroatoms. The van der Waals surface area contributed by atoms with Crippen LogP contribution in [0.3, 0.4) is 0 Å². The Morgan fingerprint density at radius 3 is 2.03 bits per heavy atom. The van der Waals surface area contributed by atoms with E-state index in [0.29, 0.717) is 0 Å². The summed E-state index contributed by atoms with van der Waals surface area (Å²) in [5, 5.41) is 0. The molecule has 0 aromatic heterocycles. The molecule has 0 saturated carbocycles. The largest absolute Gasteiger partial charge is 0.372 e. The molecule has 3 aromatic rings. The van der Waals surface area contributed by atoms with E-state index in [1.54, 1.807) is 12.1 Å². The van der Waals surface area contributed by atoms with Crippen molar-refractivity contribution < 1.29 is 4.39 Å². The predicted octanol–water partition coefficient (Wildman–Crippen LogP) is 7.15. The van der Waals surface area contributed by atoms with Crippen LogP contribution in [0, 0.1) is 5.82 Å². The summed E-state index contributed by atoms with van der Waals surface area (Å²) in [6.45, 7) is 2.28. The second kappa shape index (κ2) is 8.55. The highest BCUT2D eigenvalue weighted by atomic mass is 19.1. The quantitative estimate of drug-likeness (QED) is 0.442. The van der Waals surface area contributed by atoms with Crippen LogP contribution in [-0.4, -0.2) is 13.1 Å². The minimum absolute atomic E-state index is 0.196. The SMILES string of the molecule is Fc1ccc(C2(c3ccc(N4CCCCC4)cc3)C=CC=C(c3ccccc3)C2)cc1. The van der Waals surface area contributed by atoms with Gasteiger partial charge >= 0.3 is 0 Å². The summed E-state index contributed by atoms with van der Waals surface area (Å²) in [7, 11) is 0. The summed E-state index contributed by atoms with van der Waals surface area (Å²) in [5.74, 6) is -0.196. The Morgan fingerprint density at radius 1 is 0.710 bits per heavy atom. The van der Waals surface area contributed by atoms with Crippen molar-refractivity contribution in [1.82, 2.24) is 0 Å². The molecular weight excluding hydrogens is 381 g/mol. The zero-order valence-corrected chi connectivity index (χ0v) is 17.8. The van der Waals surface area contributed by atoms with E-state index in [9.17, 15) is 4.39 Å². The monoisotopic (exact) mass is 409 g/mol. The van der Waals surface area contributed by atoms with Gasteiger partial charge in [-0.25, -0.2) is 4.39 Å². The van der Waals surface area contributed by atoms with Crippen molar-refractivity contribution in [2.45, 2.75) is 31.1 Å². The lowest BCUT2D eigenvalue weighted by Crippen LogP contribution is -2.30. The zero-order chi connectivity index (χ0) is 21.1. The van der Waals surface area contributed by atoms with Crippen LogP contribution in [0.15, 0.2) is 97.1 Å². The minimum atomic E-state index is -0.311. The lowest BCUT2D eigenvalue weighted by Gasteiger charge is -2.36. The third-order valence-corrected chi connectivity index (χ3v) is 6.76. The molecule has 0 amide bonds. The lowest BCUT2D eigenvalue weighted by molar-refractivity contribution is 0.577. The summed E-state index contributed by atoms with van der Waals surface area (Å²) in [5.41, 5.74) is 5.90. The van der Waals surface area contributed by atoms with Gasteiger partial charge < -0.3 is 4.90 Å². The number of allylic oxidation sites excluding steroid dienone is 4. The molecule has 1 aliphatic carbocycles. The third-order valence-electron chi connectivity index (χ3n) is 6.76. The van der Waals surface area contributed by atoms with Crippen molar-refractivity contribution in [2.24, 2.45) is 0 Å². The normalized spacial score (nSPS) is 21.1. The highest BCUT2D eigenvalue weighted by Crippen LogP contribution is 2.44. The first-order valence-electron chi connectivity index (χ1n) is 11.3. The maximum Gasteiger partial charge on any atom is 0.123 e. The number of halogens is 1. The van der Waals surface area contributed by atoms with Crippen LogP contribution in [0.5, 0.6) is 0 Å². The van der Waals surface area contributed by atoms with Gasteiger partial charge in [-0.15, -0.1) is 0 Å². The van der Waals surface area contributed by atoms with Gasteiger partial charge in [0.2, 0.25) is 0 Å². The average Bonchev–Trinajstić information content (AvgIpc) is 2.86. The Hall–Kier alpha value is -3.13. The Morgan fingerprint density at radius 2 is 1.35 bits per heavy atom. The van der Waals surface area contributed by atoms with E-state index in [1.807, 2.05) is 12.1 Å². The van der Waals surface area contributed by atoms with Crippen LogP contribution in [0.25, 0.3) is 5.57 Å². The smallest absolute Gasteiger partial charge is 0.123 e. The van der Waals surface area contributed by atoms with E-state index < -0.39 is 0 Å². The van der Waals surface area contributed by atoms with Gasteiger partial charge in [-0.2, -0.15) is 0 Å². The fourth-order valence-electron chi connectivity index (χ4n) is 5.03. The topological polar surface area (TPSA) is 3.24 Å². The molecule has 1 heterocycles. The first-order chi connectivity index (χ1) is 15.2. The van der Waals surface area contributed by atoms with Gasteiger partial charge in [-0.1, -0.05) is 72.8 Å². The van der Waals surface area contributed by atoms with E-state index in [1.165, 1.54) is 41.6 Å². The molecule has 1 saturated heterocycles. The molecular formula is C29H28FN. The summed E-state index contributed by atoms with van der Waals surface area (Å²) < 4.78 is 13.7. The predicted molar refractivity (Wildman–Crippen MR) is 128 cm³/mol. The molecule has 31 heavy (non-hydrogen) atoms. The first-order valence-corrected chi connectivity index (χ1v) is 11.3. The summed E-state index contributed by atoms with van der Waals surface area (Å²) in [4.78, 5) is 2.49. The molecule has 0 N–H and O–H groups in total. The fourth-order valence-corrected chi connectivity index (χ4v) is 5.03. The number of hydrogen-bond donors (Lipinski definition) is 0. The second-order valence-corrected chi connectivity index (χ2v) is 8.67. The van der Waals surface area contributed by atoms with E-state index in [2.05, 4.69) is 77.7 Å². The van der Waals surface area contributed by atoms with Crippen LogP contribution in [0.4, 0.5) is 10.1 Å². The number of hydrogen-bond acceptors (Lipinski definition) is 1. The van der Waals surface area contributed by atoms with Crippen molar-refractivity contribution in [1.29, 1.82) is 0 Å². The summed E-state index contributed by atoms with van der Waals surface area (Å²) in [6, 6.07) is 26.6. The van der Waals surface area contributed by atoms with Crippen molar-refractivity contribution in [3.63, 3.8) is 0 Å². The van der Waals surface area contributed by atoms with E-state index in [0.717, 1.165) is 25.1 Å².